The van der Waals surface area contributed by atoms with Gasteiger partial charge < -0.3 is 5.32 Å². The van der Waals surface area contributed by atoms with Crippen molar-refractivity contribution in [2.75, 3.05) is 6.54 Å². The molecule has 0 atom stereocenters. The summed E-state index contributed by atoms with van der Waals surface area (Å²) >= 11 is 4.68. The second-order valence-electron chi connectivity index (χ2n) is 3.03. The van der Waals surface area contributed by atoms with E-state index in [0.29, 0.717) is 0 Å². The molecule has 0 aliphatic heterocycles. The van der Waals surface area contributed by atoms with Gasteiger partial charge in [0, 0.05) is 6.54 Å². The Balaban J connectivity index is 2.07. The van der Waals surface area contributed by atoms with Crippen LogP contribution in [-0.2, 0) is 0 Å². The fourth-order valence-electron chi connectivity index (χ4n) is 1.61. The lowest BCUT2D eigenvalue weighted by molar-refractivity contribution is 0.358. The maximum Gasteiger partial charge on any atom is 0.0614 e. The molecule has 1 fully saturated rings. The van der Waals surface area contributed by atoms with Crippen LogP contribution in [0.3, 0.4) is 0 Å². The first kappa shape index (κ1) is 7.99. The number of hydrogen-bond donors (Lipinski definition) is 1. The Bertz CT molecular complexity index is 97.4. The summed E-state index contributed by atoms with van der Waals surface area (Å²) in [6, 6.07) is 0. The van der Waals surface area contributed by atoms with Crippen LogP contribution in [0.25, 0.3) is 0 Å². The topological polar surface area (TPSA) is 12.0 Å². The van der Waals surface area contributed by atoms with E-state index < -0.39 is 0 Å². The van der Waals surface area contributed by atoms with Gasteiger partial charge in [0.05, 0.1) is 5.49 Å². The van der Waals surface area contributed by atoms with Gasteiger partial charge in [-0.05, 0) is 18.8 Å². The predicted octanol–water partition coefficient (Wildman–Crippen LogP) is 2.11. The zero-order valence-corrected chi connectivity index (χ0v) is 7.12. The summed E-state index contributed by atoms with van der Waals surface area (Å²) in [7, 11) is 0. The minimum Gasteiger partial charge on any atom is -0.382 e. The lowest BCUT2D eigenvalue weighted by Gasteiger charge is -2.20. The molecule has 0 bridgehead atoms. The molecule has 0 unspecified atom stereocenters. The lowest BCUT2D eigenvalue weighted by Crippen LogP contribution is -2.22. The summed E-state index contributed by atoms with van der Waals surface area (Å²) in [6.45, 7) is 1.10. The SMILES string of the molecule is S=CNCC1CCCCC1. The molecule has 10 heavy (non-hydrogen) atoms. The second kappa shape index (κ2) is 4.67. The minimum atomic E-state index is 0.896. The molecular weight excluding hydrogens is 142 g/mol. The van der Waals surface area contributed by atoms with Crippen LogP contribution in [0.1, 0.15) is 32.1 Å². The largest absolute Gasteiger partial charge is 0.382 e. The number of hydrogen-bond acceptors (Lipinski definition) is 1. The molecule has 0 radical (unpaired) electrons. The van der Waals surface area contributed by atoms with Crippen LogP contribution >= 0.6 is 12.2 Å². The third-order valence-electron chi connectivity index (χ3n) is 2.21. The van der Waals surface area contributed by atoms with Crippen molar-refractivity contribution in [2.45, 2.75) is 32.1 Å². The van der Waals surface area contributed by atoms with E-state index in [2.05, 4.69) is 17.5 Å². The fourth-order valence-corrected chi connectivity index (χ4v) is 1.70. The maximum absolute atomic E-state index is 4.68. The second-order valence-corrected chi connectivity index (χ2v) is 3.27. The van der Waals surface area contributed by atoms with E-state index >= 15 is 0 Å². The highest BCUT2D eigenvalue weighted by Crippen LogP contribution is 2.22. The van der Waals surface area contributed by atoms with Crippen molar-refractivity contribution in [3.05, 3.63) is 0 Å². The smallest absolute Gasteiger partial charge is 0.0614 e. The van der Waals surface area contributed by atoms with Gasteiger partial charge in [-0.2, -0.15) is 0 Å². The molecule has 1 aliphatic carbocycles. The van der Waals surface area contributed by atoms with Gasteiger partial charge in [0.2, 0.25) is 0 Å². The first-order valence-corrected chi connectivity index (χ1v) is 4.57. The van der Waals surface area contributed by atoms with E-state index in [-0.39, 0.29) is 0 Å². The van der Waals surface area contributed by atoms with Gasteiger partial charge in [0.1, 0.15) is 0 Å². The van der Waals surface area contributed by atoms with Crippen molar-refractivity contribution in [3.8, 4) is 0 Å². The summed E-state index contributed by atoms with van der Waals surface area (Å²) in [5.41, 5.74) is 1.63. The molecule has 1 N–H and O–H groups in total. The van der Waals surface area contributed by atoms with Crippen molar-refractivity contribution in [3.63, 3.8) is 0 Å². The van der Waals surface area contributed by atoms with Crippen LogP contribution in [0.4, 0.5) is 0 Å². The van der Waals surface area contributed by atoms with Crippen molar-refractivity contribution in [2.24, 2.45) is 5.92 Å². The Hall–Kier alpha value is -0.110. The fraction of sp³-hybridized carbons (Fsp3) is 0.875. The molecule has 2 heteroatoms. The van der Waals surface area contributed by atoms with Gasteiger partial charge in [0.15, 0.2) is 0 Å². The zero-order chi connectivity index (χ0) is 7.23. The third kappa shape index (κ3) is 2.65. The summed E-state index contributed by atoms with van der Waals surface area (Å²) in [5.74, 6) is 0.896. The van der Waals surface area contributed by atoms with E-state index in [9.17, 15) is 0 Å². The molecule has 1 nitrogen and oxygen atoms in total. The Labute approximate surface area is 68.2 Å². The van der Waals surface area contributed by atoms with E-state index in [4.69, 9.17) is 0 Å². The van der Waals surface area contributed by atoms with E-state index in [1.807, 2.05) is 0 Å². The Morgan fingerprint density at radius 2 is 2.00 bits per heavy atom. The highest BCUT2D eigenvalue weighted by Gasteiger charge is 2.11. The molecule has 0 saturated heterocycles. The molecule has 0 spiro atoms. The van der Waals surface area contributed by atoms with Crippen LogP contribution in [0, 0.1) is 5.92 Å². The van der Waals surface area contributed by atoms with Crippen molar-refractivity contribution in [1.29, 1.82) is 0 Å². The van der Waals surface area contributed by atoms with Crippen LogP contribution in [-0.4, -0.2) is 12.0 Å². The van der Waals surface area contributed by atoms with E-state index in [0.717, 1.165) is 12.5 Å². The van der Waals surface area contributed by atoms with Gasteiger partial charge in [-0.1, -0.05) is 31.5 Å². The van der Waals surface area contributed by atoms with Gasteiger partial charge in [0.25, 0.3) is 0 Å². The number of nitrogens with one attached hydrogen (secondary N) is 1. The summed E-state index contributed by atoms with van der Waals surface area (Å²) in [5, 5.41) is 3.11. The first-order chi connectivity index (χ1) is 4.93. The van der Waals surface area contributed by atoms with Crippen LogP contribution in [0.2, 0.25) is 0 Å². The minimum absolute atomic E-state index is 0.896. The van der Waals surface area contributed by atoms with Crippen molar-refractivity contribution < 1.29 is 0 Å². The maximum atomic E-state index is 4.68. The molecule has 1 saturated carbocycles. The summed E-state index contributed by atoms with van der Waals surface area (Å²) < 4.78 is 0. The Morgan fingerprint density at radius 3 is 2.60 bits per heavy atom. The predicted molar refractivity (Wildman–Crippen MR) is 48.2 cm³/mol. The quantitative estimate of drug-likeness (QED) is 0.630. The molecule has 0 aromatic rings. The van der Waals surface area contributed by atoms with Crippen LogP contribution < -0.4 is 5.32 Å². The Morgan fingerprint density at radius 1 is 1.30 bits per heavy atom. The van der Waals surface area contributed by atoms with Crippen LogP contribution in [0.15, 0.2) is 0 Å². The van der Waals surface area contributed by atoms with Gasteiger partial charge in [-0.15, -0.1) is 0 Å². The highest BCUT2D eigenvalue weighted by atomic mass is 32.1. The summed E-state index contributed by atoms with van der Waals surface area (Å²) in [4.78, 5) is 0. The van der Waals surface area contributed by atoms with E-state index in [1.165, 1.54) is 32.1 Å². The normalized spacial score (nSPS) is 20.4. The summed E-state index contributed by atoms with van der Waals surface area (Å²) in [6.07, 6.45) is 7.08. The molecular formula is C8H15NS. The molecule has 1 aliphatic rings. The highest BCUT2D eigenvalue weighted by molar-refractivity contribution is 7.78. The average molecular weight is 157 g/mol. The van der Waals surface area contributed by atoms with E-state index in [1.54, 1.807) is 5.49 Å². The molecule has 0 heterocycles. The monoisotopic (exact) mass is 157 g/mol. The standard InChI is InChI=1S/C8H15NS/c10-7-9-6-8-4-2-1-3-5-8/h7-8H,1-6H2,(H,9,10). The molecule has 0 aromatic carbocycles. The third-order valence-corrected chi connectivity index (χ3v) is 2.38. The molecule has 0 aromatic heterocycles. The zero-order valence-electron chi connectivity index (χ0n) is 6.31. The van der Waals surface area contributed by atoms with Gasteiger partial charge in [-0.3, -0.25) is 0 Å². The molecule has 1 rings (SSSR count). The van der Waals surface area contributed by atoms with Crippen LogP contribution in [0.5, 0.6) is 0 Å². The molecule has 58 valence electrons. The van der Waals surface area contributed by atoms with Crippen molar-refractivity contribution >= 4 is 17.7 Å². The Kier molecular flexibility index (Phi) is 3.73. The van der Waals surface area contributed by atoms with Crippen molar-refractivity contribution in [1.82, 2.24) is 5.32 Å². The molecule has 0 amide bonds. The van der Waals surface area contributed by atoms with Gasteiger partial charge in [-0.25, -0.2) is 0 Å². The average Bonchev–Trinajstić information content (AvgIpc) is 2.03. The number of rotatable bonds is 3. The number of thiocarbonyl (C=S) groups is 1. The lowest BCUT2D eigenvalue weighted by atomic mass is 9.89. The van der Waals surface area contributed by atoms with Gasteiger partial charge >= 0.3 is 0 Å². The first-order valence-electron chi connectivity index (χ1n) is 4.10.